The van der Waals surface area contributed by atoms with E-state index in [1.165, 1.54) is 5.56 Å². The Balaban J connectivity index is 1.90. The zero-order valence-electron chi connectivity index (χ0n) is 13.0. The first-order valence-electron chi connectivity index (χ1n) is 7.46. The van der Waals surface area contributed by atoms with E-state index >= 15 is 0 Å². The number of amides is 1. The van der Waals surface area contributed by atoms with Crippen molar-refractivity contribution in [2.45, 2.75) is 25.2 Å². The van der Waals surface area contributed by atoms with Crippen molar-refractivity contribution in [3.63, 3.8) is 0 Å². The first-order valence-corrected chi connectivity index (χ1v) is 8.45. The molecule has 0 radical (unpaired) electrons. The Hall–Kier alpha value is -1.94. The van der Waals surface area contributed by atoms with Crippen LogP contribution in [0.2, 0.25) is 0 Å². The lowest BCUT2D eigenvalue weighted by Crippen LogP contribution is -2.20. The maximum Gasteiger partial charge on any atom is 0.262 e. The lowest BCUT2D eigenvalue weighted by molar-refractivity contribution is -0.118. The molecule has 0 spiro atoms. The van der Waals surface area contributed by atoms with Crippen molar-refractivity contribution in [3.05, 3.63) is 54.1 Å². The number of nitrogens with one attached hydrogen (secondary N) is 1. The number of benzene rings is 2. The summed E-state index contributed by atoms with van der Waals surface area (Å²) in [5.74, 6) is 1.53. The number of rotatable bonds is 7. The molecule has 0 saturated carbocycles. The number of thioether (sulfide) groups is 1. The minimum atomic E-state index is -0.149. The Morgan fingerprint density at radius 1 is 1.09 bits per heavy atom. The van der Waals surface area contributed by atoms with Crippen molar-refractivity contribution in [1.82, 2.24) is 0 Å². The average Bonchev–Trinajstić information content (AvgIpc) is 2.55. The first kappa shape index (κ1) is 16.4. The van der Waals surface area contributed by atoms with Gasteiger partial charge in [-0.25, -0.2) is 0 Å². The van der Waals surface area contributed by atoms with E-state index < -0.39 is 0 Å². The summed E-state index contributed by atoms with van der Waals surface area (Å²) in [5, 5.41) is 2.90. The smallest absolute Gasteiger partial charge is 0.262 e. The van der Waals surface area contributed by atoms with Gasteiger partial charge in [-0.15, -0.1) is 11.8 Å². The number of para-hydroxylation sites is 1. The third-order valence-corrected chi connectivity index (χ3v) is 4.12. The highest BCUT2D eigenvalue weighted by atomic mass is 32.2. The van der Waals surface area contributed by atoms with Gasteiger partial charge in [-0.3, -0.25) is 4.79 Å². The molecular formula is C18H21NO2S. The van der Waals surface area contributed by atoms with E-state index in [4.69, 9.17) is 4.74 Å². The molecule has 0 saturated heterocycles. The van der Waals surface area contributed by atoms with E-state index in [2.05, 4.69) is 19.2 Å². The number of hydrogen-bond donors (Lipinski definition) is 1. The zero-order valence-corrected chi connectivity index (χ0v) is 13.8. The van der Waals surface area contributed by atoms with Crippen LogP contribution in [0.4, 0.5) is 5.69 Å². The molecule has 0 atom stereocenters. The van der Waals surface area contributed by atoms with Gasteiger partial charge in [0.25, 0.3) is 5.91 Å². The molecule has 0 bridgehead atoms. The molecule has 0 aliphatic heterocycles. The van der Waals surface area contributed by atoms with Crippen molar-refractivity contribution in [3.8, 4) is 5.75 Å². The molecule has 0 aliphatic rings. The van der Waals surface area contributed by atoms with Gasteiger partial charge >= 0.3 is 0 Å². The second-order valence-electron chi connectivity index (χ2n) is 4.76. The van der Waals surface area contributed by atoms with Crippen LogP contribution in [0.15, 0.2) is 53.4 Å². The SMILES string of the molecule is CCSc1ccccc1NC(=O)COc1ccc(CC)cc1. The van der Waals surface area contributed by atoms with Gasteiger partial charge in [0.2, 0.25) is 0 Å². The van der Waals surface area contributed by atoms with Crippen LogP contribution in [0.25, 0.3) is 0 Å². The number of aryl methyl sites for hydroxylation is 1. The molecule has 0 unspecified atom stereocenters. The van der Waals surface area contributed by atoms with Crippen LogP contribution in [0, 0.1) is 0 Å². The van der Waals surface area contributed by atoms with Crippen LogP contribution in [-0.4, -0.2) is 18.3 Å². The van der Waals surface area contributed by atoms with E-state index in [1.807, 2.05) is 48.5 Å². The average molecular weight is 315 g/mol. The van der Waals surface area contributed by atoms with Crippen molar-refractivity contribution in [1.29, 1.82) is 0 Å². The molecule has 0 aliphatic carbocycles. The molecule has 116 valence electrons. The highest BCUT2D eigenvalue weighted by Gasteiger charge is 2.07. The number of anilines is 1. The van der Waals surface area contributed by atoms with E-state index in [0.29, 0.717) is 5.75 Å². The third kappa shape index (κ3) is 4.81. The Morgan fingerprint density at radius 2 is 1.82 bits per heavy atom. The van der Waals surface area contributed by atoms with Crippen LogP contribution < -0.4 is 10.1 Å². The molecule has 2 rings (SSSR count). The Bertz CT molecular complexity index is 611. The van der Waals surface area contributed by atoms with E-state index in [0.717, 1.165) is 22.8 Å². The lowest BCUT2D eigenvalue weighted by Gasteiger charge is -2.11. The van der Waals surface area contributed by atoms with Crippen molar-refractivity contribution in [2.75, 3.05) is 17.7 Å². The van der Waals surface area contributed by atoms with Crippen LogP contribution in [0.1, 0.15) is 19.4 Å². The van der Waals surface area contributed by atoms with Crippen LogP contribution >= 0.6 is 11.8 Å². The molecule has 1 amide bonds. The zero-order chi connectivity index (χ0) is 15.8. The van der Waals surface area contributed by atoms with E-state index in [-0.39, 0.29) is 12.5 Å². The third-order valence-electron chi connectivity index (χ3n) is 3.16. The van der Waals surface area contributed by atoms with Gasteiger partial charge in [0.05, 0.1) is 5.69 Å². The summed E-state index contributed by atoms with van der Waals surface area (Å²) in [5.41, 5.74) is 2.09. The second-order valence-corrected chi connectivity index (χ2v) is 6.07. The highest BCUT2D eigenvalue weighted by Crippen LogP contribution is 2.26. The molecule has 2 aromatic carbocycles. The Morgan fingerprint density at radius 3 is 2.50 bits per heavy atom. The van der Waals surface area contributed by atoms with Crippen molar-refractivity contribution >= 4 is 23.4 Å². The fraction of sp³-hybridized carbons (Fsp3) is 0.278. The predicted octanol–water partition coefficient (Wildman–Crippen LogP) is 4.38. The van der Waals surface area contributed by atoms with Gasteiger partial charge in [-0.2, -0.15) is 0 Å². The number of hydrogen-bond acceptors (Lipinski definition) is 3. The largest absolute Gasteiger partial charge is 0.484 e. The van der Waals surface area contributed by atoms with Gasteiger partial charge in [0.15, 0.2) is 6.61 Å². The van der Waals surface area contributed by atoms with Gasteiger partial charge in [0, 0.05) is 4.90 Å². The number of ether oxygens (including phenoxy) is 1. The number of carbonyl (C=O) groups excluding carboxylic acids is 1. The standard InChI is InChI=1S/C18H21NO2S/c1-3-14-9-11-15(12-10-14)21-13-18(20)19-16-7-5-6-8-17(16)22-4-2/h5-12H,3-4,13H2,1-2H3,(H,19,20). The summed E-state index contributed by atoms with van der Waals surface area (Å²) in [6.07, 6.45) is 0.993. The minimum Gasteiger partial charge on any atom is -0.484 e. The Kier molecular flexibility index (Phi) is 6.34. The van der Waals surface area contributed by atoms with Crippen LogP contribution in [-0.2, 0) is 11.2 Å². The Labute approximate surface area is 136 Å². The monoisotopic (exact) mass is 315 g/mol. The van der Waals surface area contributed by atoms with Crippen molar-refractivity contribution in [2.24, 2.45) is 0 Å². The predicted molar refractivity (Wildman–Crippen MR) is 92.8 cm³/mol. The topological polar surface area (TPSA) is 38.3 Å². The second kappa shape index (κ2) is 8.49. The molecule has 0 aromatic heterocycles. The summed E-state index contributed by atoms with van der Waals surface area (Å²) in [6.45, 7) is 4.21. The first-order chi connectivity index (χ1) is 10.7. The summed E-state index contributed by atoms with van der Waals surface area (Å²) in [6, 6.07) is 15.6. The van der Waals surface area contributed by atoms with Crippen molar-refractivity contribution < 1.29 is 9.53 Å². The fourth-order valence-corrected chi connectivity index (χ4v) is 2.77. The quantitative estimate of drug-likeness (QED) is 0.771. The fourth-order valence-electron chi connectivity index (χ4n) is 2.01. The molecule has 4 heteroatoms. The highest BCUT2D eigenvalue weighted by molar-refractivity contribution is 7.99. The molecule has 3 nitrogen and oxygen atoms in total. The van der Waals surface area contributed by atoms with Crippen LogP contribution in [0.3, 0.4) is 0 Å². The maximum absolute atomic E-state index is 12.0. The molecule has 2 aromatic rings. The summed E-state index contributed by atoms with van der Waals surface area (Å²) >= 11 is 1.71. The van der Waals surface area contributed by atoms with Crippen LogP contribution in [0.5, 0.6) is 5.75 Å². The van der Waals surface area contributed by atoms with Gasteiger partial charge in [-0.1, -0.05) is 38.1 Å². The van der Waals surface area contributed by atoms with Gasteiger partial charge in [-0.05, 0) is 42.0 Å². The number of carbonyl (C=O) groups is 1. The summed E-state index contributed by atoms with van der Waals surface area (Å²) < 4.78 is 5.52. The molecule has 0 fully saturated rings. The lowest BCUT2D eigenvalue weighted by atomic mass is 10.2. The molecular weight excluding hydrogens is 294 g/mol. The van der Waals surface area contributed by atoms with E-state index in [9.17, 15) is 4.79 Å². The summed E-state index contributed by atoms with van der Waals surface area (Å²) in [7, 11) is 0. The summed E-state index contributed by atoms with van der Waals surface area (Å²) in [4.78, 5) is 13.1. The molecule has 22 heavy (non-hydrogen) atoms. The van der Waals surface area contributed by atoms with Gasteiger partial charge < -0.3 is 10.1 Å². The minimum absolute atomic E-state index is 0.0105. The van der Waals surface area contributed by atoms with E-state index in [1.54, 1.807) is 11.8 Å². The maximum atomic E-state index is 12.0. The molecule has 0 heterocycles. The normalized spacial score (nSPS) is 10.3. The molecule has 1 N–H and O–H groups in total. The van der Waals surface area contributed by atoms with Gasteiger partial charge in [0.1, 0.15) is 5.75 Å².